The van der Waals surface area contributed by atoms with Crippen LogP contribution in [0.3, 0.4) is 0 Å². The summed E-state index contributed by atoms with van der Waals surface area (Å²) >= 11 is 0. The number of nitrogens with zero attached hydrogens (tertiary/aromatic N) is 2. The molecule has 1 atom stereocenters. The second kappa shape index (κ2) is 14.4. The second-order valence-corrected chi connectivity index (χ2v) is 10.0. The van der Waals surface area contributed by atoms with Crippen molar-refractivity contribution >= 4 is 40.7 Å². The molecule has 1 saturated carbocycles. The van der Waals surface area contributed by atoms with Crippen molar-refractivity contribution in [2.75, 3.05) is 58.2 Å². The monoisotopic (exact) mass is 562 g/mol. The third-order valence-electron chi connectivity index (χ3n) is 6.08. The van der Waals surface area contributed by atoms with Crippen molar-refractivity contribution in [1.82, 2.24) is 15.5 Å². The zero-order valence-electron chi connectivity index (χ0n) is 18.8. The number of hydrogen-bond acceptors (Lipinski definition) is 4. The van der Waals surface area contributed by atoms with Gasteiger partial charge in [-0.15, -0.1) is 24.0 Å². The van der Waals surface area contributed by atoms with Gasteiger partial charge in [-0.2, -0.15) is 0 Å². The standard InChI is InChI=1S/C23H38N4O2S.HI/c1-2-24-22(25-13-18-30(28)21-9-5-3-6-10-21)26-19-23(11-7-4-8-12-23)20-27-14-16-29-17-15-27;/h3,5-6,9-10H,2,4,7-8,11-20H2,1H3,(H2,24,25,26);1H. The van der Waals surface area contributed by atoms with Gasteiger partial charge < -0.3 is 15.4 Å². The highest BCUT2D eigenvalue weighted by atomic mass is 127. The van der Waals surface area contributed by atoms with Crippen LogP contribution in [-0.4, -0.2) is 73.3 Å². The molecule has 0 amide bonds. The summed E-state index contributed by atoms with van der Waals surface area (Å²) in [7, 11) is -0.989. The molecule has 2 N–H and O–H groups in total. The maximum Gasteiger partial charge on any atom is 0.191 e. The number of nitrogens with one attached hydrogen (secondary N) is 2. The SMILES string of the molecule is CCNC(=NCC1(CN2CCOCC2)CCCCC1)NCCS(=O)c1ccccc1.I. The number of guanidine groups is 1. The highest BCUT2D eigenvalue weighted by Gasteiger charge is 2.34. The average Bonchev–Trinajstić information content (AvgIpc) is 2.79. The fourth-order valence-electron chi connectivity index (χ4n) is 4.44. The number of hydrogen-bond donors (Lipinski definition) is 2. The highest BCUT2D eigenvalue weighted by molar-refractivity contribution is 14.0. The van der Waals surface area contributed by atoms with Gasteiger partial charge in [-0.1, -0.05) is 37.5 Å². The van der Waals surface area contributed by atoms with Gasteiger partial charge in [-0.25, -0.2) is 0 Å². The van der Waals surface area contributed by atoms with E-state index in [-0.39, 0.29) is 29.4 Å². The summed E-state index contributed by atoms with van der Waals surface area (Å²) in [5.41, 5.74) is 0.269. The lowest BCUT2D eigenvalue weighted by Gasteiger charge is -2.41. The van der Waals surface area contributed by atoms with Crippen molar-refractivity contribution in [3.05, 3.63) is 30.3 Å². The van der Waals surface area contributed by atoms with Gasteiger partial charge in [-0.05, 0) is 31.9 Å². The first kappa shape index (κ1) is 26.5. The average molecular weight is 563 g/mol. The molecule has 1 unspecified atom stereocenters. The van der Waals surface area contributed by atoms with E-state index in [2.05, 4.69) is 22.5 Å². The number of ether oxygens (including phenoxy) is 1. The zero-order valence-corrected chi connectivity index (χ0v) is 22.0. The van der Waals surface area contributed by atoms with Gasteiger partial charge in [0.15, 0.2) is 5.96 Å². The van der Waals surface area contributed by atoms with Crippen LogP contribution in [0, 0.1) is 5.41 Å². The molecule has 6 nitrogen and oxygen atoms in total. The third-order valence-corrected chi connectivity index (χ3v) is 7.45. The summed E-state index contributed by atoms with van der Waals surface area (Å²) in [6, 6.07) is 9.67. The first-order chi connectivity index (χ1) is 14.7. The lowest BCUT2D eigenvalue weighted by molar-refractivity contribution is 0.00937. The molecule has 1 aliphatic heterocycles. The first-order valence-corrected chi connectivity index (χ1v) is 12.8. The Morgan fingerprint density at radius 1 is 1.13 bits per heavy atom. The van der Waals surface area contributed by atoms with E-state index in [0.717, 1.165) is 56.8 Å². The second-order valence-electron chi connectivity index (χ2n) is 8.43. The Morgan fingerprint density at radius 2 is 1.84 bits per heavy atom. The predicted octanol–water partition coefficient (Wildman–Crippen LogP) is 3.25. The molecule has 1 aromatic carbocycles. The molecule has 0 bridgehead atoms. The molecule has 1 saturated heterocycles. The van der Waals surface area contributed by atoms with E-state index in [1.807, 2.05) is 30.3 Å². The molecule has 2 aliphatic rings. The highest BCUT2D eigenvalue weighted by Crippen LogP contribution is 2.37. The van der Waals surface area contributed by atoms with Crippen molar-refractivity contribution in [3.63, 3.8) is 0 Å². The molecule has 2 fully saturated rings. The number of benzene rings is 1. The largest absolute Gasteiger partial charge is 0.379 e. The van der Waals surface area contributed by atoms with Crippen LogP contribution in [0.4, 0.5) is 0 Å². The van der Waals surface area contributed by atoms with Crippen LogP contribution in [0.15, 0.2) is 40.2 Å². The minimum atomic E-state index is -0.989. The molecule has 1 aromatic rings. The number of halogens is 1. The van der Waals surface area contributed by atoms with E-state index in [0.29, 0.717) is 12.3 Å². The summed E-state index contributed by atoms with van der Waals surface area (Å²) in [6.07, 6.45) is 6.47. The Hall–Kier alpha value is -0.710. The smallest absolute Gasteiger partial charge is 0.191 e. The molecule has 0 aromatic heterocycles. The molecule has 176 valence electrons. The Balaban J connectivity index is 0.00000341. The minimum absolute atomic E-state index is 0. The Labute approximate surface area is 207 Å². The molecular weight excluding hydrogens is 523 g/mol. The van der Waals surface area contributed by atoms with Crippen molar-refractivity contribution in [3.8, 4) is 0 Å². The molecule has 31 heavy (non-hydrogen) atoms. The minimum Gasteiger partial charge on any atom is -0.379 e. The molecular formula is C23H39IN4O2S. The van der Waals surface area contributed by atoms with Gasteiger partial charge in [-0.3, -0.25) is 14.1 Å². The van der Waals surface area contributed by atoms with Crippen LogP contribution in [0.5, 0.6) is 0 Å². The maximum absolute atomic E-state index is 12.5. The van der Waals surface area contributed by atoms with Crippen molar-refractivity contribution in [2.24, 2.45) is 10.4 Å². The van der Waals surface area contributed by atoms with Gasteiger partial charge in [0.1, 0.15) is 0 Å². The molecule has 1 heterocycles. The van der Waals surface area contributed by atoms with Gasteiger partial charge in [0.25, 0.3) is 0 Å². The van der Waals surface area contributed by atoms with Gasteiger partial charge in [0.05, 0.1) is 24.0 Å². The van der Waals surface area contributed by atoms with E-state index >= 15 is 0 Å². The van der Waals surface area contributed by atoms with Crippen LogP contribution >= 0.6 is 24.0 Å². The number of morpholine rings is 1. The Kier molecular flexibility index (Phi) is 12.4. The Bertz CT molecular complexity index is 677. The van der Waals surface area contributed by atoms with E-state index in [4.69, 9.17) is 9.73 Å². The van der Waals surface area contributed by atoms with Crippen molar-refractivity contribution in [1.29, 1.82) is 0 Å². The predicted molar refractivity (Wildman–Crippen MR) is 140 cm³/mol. The summed E-state index contributed by atoms with van der Waals surface area (Å²) in [5, 5.41) is 6.76. The first-order valence-electron chi connectivity index (χ1n) is 11.5. The fourth-order valence-corrected chi connectivity index (χ4v) is 5.43. The lowest BCUT2D eigenvalue weighted by atomic mass is 9.73. The molecule has 8 heteroatoms. The molecule has 1 aliphatic carbocycles. The van der Waals surface area contributed by atoms with E-state index in [1.54, 1.807) is 0 Å². The normalized spacial score (nSPS) is 20.5. The maximum atomic E-state index is 12.5. The lowest BCUT2D eigenvalue weighted by Crippen LogP contribution is -2.47. The van der Waals surface area contributed by atoms with Gasteiger partial charge >= 0.3 is 0 Å². The van der Waals surface area contributed by atoms with Crippen LogP contribution in [0.2, 0.25) is 0 Å². The Morgan fingerprint density at radius 3 is 2.52 bits per heavy atom. The van der Waals surface area contributed by atoms with Crippen LogP contribution < -0.4 is 10.6 Å². The van der Waals surface area contributed by atoms with Crippen molar-refractivity contribution in [2.45, 2.75) is 43.9 Å². The van der Waals surface area contributed by atoms with Crippen LogP contribution in [0.25, 0.3) is 0 Å². The zero-order chi connectivity index (χ0) is 21.1. The topological polar surface area (TPSA) is 66.0 Å². The number of rotatable bonds is 9. The fraction of sp³-hybridized carbons (Fsp3) is 0.696. The quantitative estimate of drug-likeness (QED) is 0.275. The molecule has 0 spiro atoms. The van der Waals surface area contributed by atoms with Gasteiger partial charge in [0.2, 0.25) is 0 Å². The van der Waals surface area contributed by atoms with Crippen molar-refractivity contribution < 1.29 is 8.95 Å². The summed E-state index contributed by atoms with van der Waals surface area (Å²) in [5.74, 6) is 1.42. The molecule has 0 radical (unpaired) electrons. The number of aliphatic imine (C=N–C) groups is 1. The van der Waals surface area contributed by atoms with E-state index in [1.165, 1.54) is 32.1 Å². The third kappa shape index (κ3) is 8.98. The molecule has 3 rings (SSSR count). The van der Waals surface area contributed by atoms with Gasteiger partial charge in [0, 0.05) is 55.3 Å². The van der Waals surface area contributed by atoms with Crippen LogP contribution in [0.1, 0.15) is 39.0 Å². The summed E-state index contributed by atoms with van der Waals surface area (Å²) in [4.78, 5) is 8.43. The van der Waals surface area contributed by atoms with Crippen LogP contribution in [-0.2, 0) is 15.5 Å². The van der Waals surface area contributed by atoms with E-state index in [9.17, 15) is 4.21 Å². The summed E-state index contributed by atoms with van der Waals surface area (Å²) in [6.45, 7) is 9.30. The van der Waals surface area contributed by atoms with E-state index < -0.39 is 10.8 Å². The summed E-state index contributed by atoms with van der Waals surface area (Å²) < 4.78 is 18.0.